The van der Waals surface area contributed by atoms with E-state index in [1.807, 2.05) is 0 Å². The van der Waals surface area contributed by atoms with Crippen molar-refractivity contribution < 1.29 is 4.74 Å². The first-order valence-corrected chi connectivity index (χ1v) is 8.86. The lowest BCUT2D eigenvalue weighted by atomic mass is 10.1. The lowest BCUT2D eigenvalue weighted by molar-refractivity contribution is 0.195. The minimum absolute atomic E-state index is 0. The maximum absolute atomic E-state index is 5.08. The average Bonchev–Trinajstić information content (AvgIpc) is 2.57. The first-order chi connectivity index (χ1) is 11.6. The smallest absolute Gasteiger partial charge is 0.191 e. The Labute approximate surface area is 170 Å². The van der Waals surface area contributed by atoms with Crippen LogP contribution in [0.15, 0.2) is 29.3 Å². The van der Waals surface area contributed by atoms with E-state index in [0.29, 0.717) is 12.6 Å². The Morgan fingerprint density at radius 2 is 1.88 bits per heavy atom. The summed E-state index contributed by atoms with van der Waals surface area (Å²) in [6.45, 7) is 10.6. The average molecular weight is 462 g/mol. The molecule has 0 aromatic heterocycles. The number of nitrogens with zero attached hydrogens (tertiary/aromatic N) is 2. The highest BCUT2D eigenvalue weighted by Crippen LogP contribution is 2.13. The number of guanidine groups is 1. The van der Waals surface area contributed by atoms with Gasteiger partial charge < -0.3 is 15.4 Å². The summed E-state index contributed by atoms with van der Waals surface area (Å²) < 4.78 is 5.08. The first-order valence-electron chi connectivity index (χ1n) is 8.86. The second-order valence-electron chi connectivity index (χ2n) is 6.25. The second kappa shape index (κ2) is 14.3. The molecule has 0 aliphatic carbocycles. The number of nitrogens with one attached hydrogen (secondary N) is 2. The topological polar surface area (TPSA) is 48.9 Å². The minimum Gasteiger partial charge on any atom is -0.385 e. The molecule has 2 N–H and O–H groups in total. The van der Waals surface area contributed by atoms with Crippen LogP contribution in [-0.2, 0) is 17.8 Å². The molecule has 0 aliphatic heterocycles. The predicted molar refractivity (Wildman–Crippen MR) is 118 cm³/mol. The summed E-state index contributed by atoms with van der Waals surface area (Å²) in [6.07, 6.45) is 0.969. The zero-order valence-electron chi connectivity index (χ0n) is 16.3. The van der Waals surface area contributed by atoms with Crippen LogP contribution in [0, 0.1) is 0 Å². The lowest BCUT2D eigenvalue weighted by Crippen LogP contribution is -2.38. The van der Waals surface area contributed by atoms with Gasteiger partial charge in [0.2, 0.25) is 0 Å². The lowest BCUT2D eigenvalue weighted by Gasteiger charge is -2.22. The fraction of sp³-hybridized carbons (Fsp3) is 0.632. The number of benzene rings is 1. The highest BCUT2D eigenvalue weighted by molar-refractivity contribution is 14.0. The summed E-state index contributed by atoms with van der Waals surface area (Å²) >= 11 is 0. The van der Waals surface area contributed by atoms with Gasteiger partial charge >= 0.3 is 0 Å². The molecule has 0 fully saturated rings. The summed E-state index contributed by atoms with van der Waals surface area (Å²) in [7, 11) is 3.89. The number of ether oxygens (including phenoxy) is 1. The number of methoxy groups -OCH3 is 1. The number of rotatable bonds is 10. The van der Waals surface area contributed by atoms with E-state index >= 15 is 0 Å². The van der Waals surface area contributed by atoms with Crippen LogP contribution in [0.2, 0.25) is 0 Å². The van der Waals surface area contributed by atoms with Gasteiger partial charge in [-0.15, -0.1) is 24.0 Å². The van der Waals surface area contributed by atoms with Gasteiger partial charge in [-0.3, -0.25) is 4.90 Å². The molecular formula is C19H35IN4O. The van der Waals surface area contributed by atoms with Crippen molar-refractivity contribution in [2.45, 2.75) is 46.3 Å². The van der Waals surface area contributed by atoms with E-state index in [9.17, 15) is 0 Å². The van der Waals surface area contributed by atoms with Gasteiger partial charge in [0.25, 0.3) is 0 Å². The van der Waals surface area contributed by atoms with Gasteiger partial charge in [-0.2, -0.15) is 0 Å². The van der Waals surface area contributed by atoms with Crippen LogP contribution >= 0.6 is 24.0 Å². The zero-order valence-corrected chi connectivity index (χ0v) is 18.7. The van der Waals surface area contributed by atoms with Gasteiger partial charge in [-0.05, 0) is 45.4 Å². The highest BCUT2D eigenvalue weighted by Gasteiger charge is 2.08. The highest BCUT2D eigenvalue weighted by atomic mass is 127. The fourth-order valence-corrected chi connectivity index (χ4v) is 2.25. The molecule has 25 heavy (non-hydrogen) atoms. The van der Waals surface area contributed by atoms with E-state index in [4.69, 9.17) is 9.73 Å². The van der Waals surface area contributed by atoms with Gasteiger partial charge in [0, 0.05) is 39.4 Å². The number of halogens is 1. The van der Waals surface area contributed by atoms with E-state index in [0.717, 1.165) is 38.6 Å². The molecule has 0 heterocycles. The molecule has 0 saturated carbocycles. The summed E-state index contributed by atoms with van der Waals surface area (Å²) in [5.41, 5.74) is 2.62. The van der Waals surface area contributed by atoms with Crippen LogP contribution in [0.4, 0.5) is 0 Å². The number of hydrogen-bond donors (Lipinski definition) is 2. The van der Waals surface area contributed by atoms with E-state index in [1.165, 1.54) is 11.1 Å². The summed E-state index contributed by atoms with van der Waals surface area (Å²) in [5.74, 6) is 0.862. The molecule has 0 unspecified atom stereocenters. The Balaban J connectivity index is 0.00000576. The molecule has 5 nitrogen and oxygen atoms in total. The standard InChI is InChI=1S/C19H34N4O.HI/c1-6-20-19(21-12-9-13-24-5)22-14-17-10-7-8-11-18(17)15-23(4)16(2)3;/h7-8,10-11,16H,6,9,12-15H2,1-5H3,(H2,20,21,22);1H. The van der Waals surface area contributed by atoms with Crippen LogP contribution in [0.3, 0.4) is 0 Å². The number of hydrogen-bond acceptors (Lipinski definition) is 3. The van der Waals surface area contributed by atoms with Crippen molar-refractivity contribution in [3.8, 4) is 0 Å². The van der Waals surface area contributed by atoms with E-state index in [-0.39, 0.29) is 24.0 Å². The summed E-state index contributed by atoms with van der Waals surface area (Å²) in [4.78, 5) is 7.07. The predicted octanol–water partition coefficient (Wildman–Crippen LogP) is 3.24. The molecule has 0 bridgehead atoms. The minimum atomic E-state index is 0. The van der Waals surface area contributed by atoms with E-state index in [2.05, 4.69) is 67.6 Å². The van der Waals surface area contributed by atoms with Crippen LogP contribution in [0.25, 0.3) is 0 Å². The van der Waals surface area contributed by atoms with Gasteiger partial charge in [0.1, 0.15) is 0 Å². The molecule has 0 spiro atoms. The van der Waals surface area contributed by atoms with Gasteiger partial charge in [0.15, 0.2) is 5.96 Å². The van der Waals surface area contributed by atoms with Gasteiger partial charge in [0.05, 0.1) is 6.54 Å². The zero-order chi connectivity index (χ0) is 17.8. The third kappa shape index (κ3) is 10.0. The SMILES string of the molecule is CCNC(=NCc1ccccc1CN(C)C(C)C)NCCCOC.I. The van der Waals surface area contributed by atoms with Crippen molar-refractivity contribution in [1.29, 1.82) is 0 Å². The van der Waals surface area contributed by atoms with Crippen molar-refractivity contribution in [1.82, 2.24) is 15.5 Å². The Morgan fingerprint density at radius 1 is 1.20 bits per heavy atom. The molecule has 0 amide bonds. The molecule has 0 aliphatic rings. The molecule has 1 aromatic carbocycles. The maximum atomic E-state index is 5.08. The molecule has 1 rings (SSSR count). The fourth-order valence-electron chi connectivity index (χ4n) is 2.25. The van der Waals surface area contributed by atoms with E-state index < -0.39 is 0 Å². The van der Waals surface area contributed by atoms with Crippen LogP contribution < -0.4 is 10.6 Å². The van der Waals surface area contributed by atoms with Crippen molar-refractivity contribution in [2.75, 3.05) is 33.9 Å². The molecule has 144 valence electrons. The maximum Gasteiger partial charge on any atom is 0.191 e. The van der Waals surface area contributed by atoms with Crippen LogP contribution in [-0.4, -0.2) is 50.8 Å². The largest absolute Gasteiger partial charge is 0.385 e. The van der Waals surface area contributed by atoms with E-state index in [1.54, 1.807) is 7.11 Å². The Kier molecular flexibility index (Phi) is 13.8. The Bertz CT molecular complexity index is 494. The summed E-state index contributed by atoms with van der Waals surface area (Å²) in [6, 6.07) is 9.08. The second-order valence-corrected chi connectivity index (χ2v) is 6.25. The molecule has 1 aromatic rings. The normalized spacial score (nSPS) is 11.6. The Morgan fingerprint density at radius 3 is 2.48 bits per heavy atom. The quantitative estimate of drug-likeness (QED) is 0.243. The molecule has 6 heteroatoms. The van der Waals surface area contributed by atoms with Crippen molar-refractivity contribution in [3.05, 3.63) is 35.4 Å². The molecule has 0 radical (unpaired) electrons. The molecular weight excluding hydrogens is 427 g/mol. The van der Waals surface area contributed by atoms with Gasteiger partial charge in [-0.1, -0.05) is 24.3 Å². The van der Waals surface area contributed by atoms with Crippen molar-refractivity contribution >= 4 is 29.9 Å². The van der Waals surface area contributed by atoms with Crippen LogP contribution in [0.1, 0.15) is 38.3 Å². The van der Waals surface area contributed by atoms with Crippen LogP contribution in [0.5, 0.6) is 0 Å². The van der Waals surface area contributed by atoms with Crippen molar-refractivity contribution in [3.63, 3.8) is 0 Å². The molecule has 0 saturated heterocycles. The monoisotopic (exact) mass is 462 g/mol. The van der Waals surface area contributed by atoms with Gasteiger partial charge in [-0.25, -0.2) is 4.99 Å². The Hall–Kier alpha value is -0.860. The third-order valence-corrected chi connectivity index (χ3v) is 3.99. The third-order valence-electron chi connectivity index (χ3n) is 3.99. The first kappa shape index (κ1) is 24.1. The number of aliphatic imine (C=N–C) groups is 1. The summed E-state index contributed by atoms with van der Waals surface area (Å²) in [5, 5.41) is 6.65. The molecule has 0 atom stereocenters. The van der Waals surface area contributed by atoms with Crippen molar-refractivity contribution in [2.24, 2.45) is 4.99 Å².